The normalized spacial score (nSPS) is 18.2. The maximum absolute atomic E-state index is 13.5. The van der Waals surface area contributed by atoms with Gasteiger partial charge in [0.1, 0.15) is 0 Å². The summed E-state index contributed by atoms with van der Waals surface area (Å²) >= 11 is 1.73. The Balaban J connectivity index is 0.928. The monoisotopic (exact) mass is 703 g/mol. The number of amides is 2. The number of morpholine rings is 1. The van der Waals surface area contributed by atoms with Crippen molar-refractivity contribution in [2.24, 2.45) is 0 Å². The number of nitrogens with zero attached hydrogens (tertiary/aromatic N) is 8. The Hall–Kier alpha value is -4.98. The number of piperazine rings is 1. The summed E-state index contributed by atoms with van der Waals surface area (Å²) in [5, 5.41) is 0. The molecule has 2 N–H and O–H groups in total. The average molecular weight is 704 g/mol. The molecule has 0 radical (unpaired) electrons. The molecule has 12 nitrogen and oxygen atoms in total. The van der Waals surface area contributed by atoms with Crippen molar-refractivity contribution in [3.8, 4) is 22.5 Å². The first-order valence-electron chi connectivity index (χ1n) is 17.6. The highest BCUT2D eigenvalue weighted by Gasteiger charge is 2.27. The van der Waals surface area contributed by atoms with Crippen LogP contribution in [0.3, 0.4) is 0 Å². The Bertz CT molecular complexity index is 2070. The van der Waals surface area contributed by atoms with E-state index in [1.807, 2.05) is 34.1 Å². The third kappa shape index (κ3) is 6.76. The van der Waals surface area contributed by atoms with E-state index in [0.29, 0.717) is 37.7 Å². The van der Waals surface area contributed by atoms with E-state index in [1.54, 1.807) is 30.7 Å². The molecule has 6 heterocycles. The second-order valence-corrected chi connectivity index (χ2v) is 14.6. The molecular weight excluding hydrogens is 663 g/mol. The number of carbonyl (C=O) groups is 2. The van der Waals surface area contributed by atoms with E-state index in [4.69, 9.17) is 20.4 Å². The topological polar surface area (TPSA) is 134 Å². The Labute approximate surface area is 300 Å². The quantitative estimate of drug-likeness (QED) is 0.261. The molecule has 13 heteroatoms. The van der Waals surface area contributed by atoms with Crippen molar-refractivity contribution < 1.29 is 14.3 Å². The van der Waals surface area contributed by atoms with E-state index >= 15 is 0 Å². The number of aryl methyl sites for hydroxylation is 1. The van der Waals surface area contributed by atoms with Gasteiger partial charge in [0.25, 0.3) is 5.91 Å². The number of aromatic nitrogens is 4. The van der Waals surface area contributed by atoms with Crippen LogP contribution in [0.25, 0.3) is 32.7 Å². The first kappa shape index (κ1) is 33.2. The summed E-state index contributed by atoms with van der Waals surface area (Å²) in [6.45, 7) is 10.3. The molecule has 3 aliphatic heterocycles. The van der Waals surface area contributed by atoms with E-state index in [-0.39, 0.29) is 23.8 Å². The van der Waals surface area contributed by atoms with Crippen LogP contribution in [0, 0.1) is 0 Å². The molecule has 0 spiro atoms. The first-order chi connectivity index (χ1) is 24.8. The third-order valence-corrected chi connectivity index (χ3v) is 11.2. The zero-order valence-corrected chi connectivity index (χ0v) is 29.7. The molecule has 2 aromatic carbocycles. The number of rotatable bonds is 6. The number of nitrogen functional groups attached to an aromatic ring is 1. The molecule has 2 fully saturated rings. The first-order valence-corrected chi connectivity index (χ1v) is 18.4. The number of ether oxygens (including phenoxy) is 1. The molecule has 1 atom stereocenters. The minimum atomic E-state index is 0.0594. The summed E-state index contributed by atoms with van der Waals surface area (Å²) < 4.78 is 6.67. The van der Waals surface area contributed by atoms with Crippen molar-refractivity contribution in [2.45, 2.75) is 39.3 Å². The van der Waals surface area contributed by atoms with Crippen molar-refractivity contribution in [2.75, 3.05) is 68.0 Å². The van der Waals surface area contributed by atoms with Crippen LogP contribution >= 0.6 is 11.3 Å². The molecule has 51 heavy (non-hydrogen) atoms. The fraction of sp³-hybridized carbons (Fsp3) is 0.368. The Morgan fingerprint density at radius 2 is 1.63 bits per heavy atom. The lowest BCUT2D eigenvalue weighted by Crippen LogP contribution is -2.48. The second kappa shape index (κ2) is 14.0. The van der Waals surface area contributed by atoms with E-state index in [2.05, 4.69) is 51.0 Å². The van der Waals surface area contributed by atoms with Gasteiger partial charge >= 0.3 is 0 Å². The standard InChI is InChI=1S/C38H41N9O3S/c1-24-3-4-29-19-28(9-10-33(29)47(24)25(2)48)26-5-7-27(8-6-26)37(49)46-13-11-44(12-14-46)23-31-20-32-34(51-31)36(45-15-17-50-18-16-45)43-35(42-32)30-21-40-38(39)41-22-30/h5-10,19-22,24H,3-4,11-18,23H2,1-2H3,(H2,39,40,41)/t24-/m0/s1. The van der Waals surface area contributed by atoms with Gasteiger partial charge < -0.3 is 25.2 Å². The summed E-state index contributed by atoms with van der Waals surface area (Å²) in [4.78, 5) is 53.7. The molecule has 0 aliphatic carbocycles. The summed E-state index contributed by atoms with van der Waals surface area (Å²) in [6.07, 6.45) is 5.22. The molecule has 262 valence electrons. The zero-order chi connectivity index (χ0) is 35.1. The Kier molecular flexibility index (Phi) is 9.09. The van der Waals surface area contributed by atoms with Gasteiger partial charge in [-0.2, -0.15) is 0 Å². The van der Waals surface area contributed by atoms with Crippen LogP contribution in [0.5, 0.6) is 0 Å². The lowest BCUT2D eigenvalue weighted by molar-refractivity contribution is -0.117. The largest absolute Gasteiger partial charge is 0.378 e. The van der Waals surface area contributed by atoms with E-state index < -0.39 is 0 Å². The maximum atomic E-state index is 13.5. The summed E-state index contributed by atoms with van der Waals surface area (Å²) in [6, 6.07) is 16.6. The van der Waals surface area contributed by atoms with E-state index in [1.165, 1.54) is 10.4 Å². The minimum absolute atomic E-state index is 0.0594. The molecule has 0 saturated carbocycles. The van der Waals surface area contributed by atoms with Gasteiger partial charge in [-0.05, 0) is 66.8 Å². The summed E-state index contributed by atoms with van der Waals surface area (Å²) in [5.74, 6) is 1.84. The minimum Gasteiger partial charge on any atom is -0.378 e. The molecule has 2 saturated heterocycles. The van der Waals surface area contributed by atoms with Gasteiger partial charge in [-0.15, -0.1) is 11.3 Å². The number of hydrogen-bond donors (Lipinski definition) is 1. The number of fused-ring (bicyclic) bond motifs is 2. The molecule has 5 aromatic rings. The Morgan fingerprint density at radius 1 is 0.902 bits per heavy atom. The average Bonchev–Trinajstić information content (AvgIpc) is 3.57. The van der Waals surface area contributed by atoms with Crippen LogP contribution in [-0.2, 0) is 22.5 Å². The number of benzene rings is 2. The van der Waals surface area contributed by atoms with Crippen molar-refractivity contribution >= 4 is 50.8 Å². The third-order valence-electron chi connectivity index (χ3n) is 10.1. The van der Waals surface area contributed by atoms with Crippen molar-refractivity contribution in [3.05, 3.63) is 76.9 Å². The predicted octanol–water partition coefficient (Wildman–Crippen LogP) is 4.88. The number of carbonyl (C=O) groups excluding carboxylic acids is 2. The number of thiophene rings is 1. The zero-order valence-electron chi connectivity index (χ0n) is 28.9. The molecule has 2 amide bonds. The van der Waals surface area contributed by atoms with Crippen LogP contribution in [-0.4, -0.2) is 100 Å². The van der Waals surface area contributed by atoms with Crippen LogP contribution in [0.1, 0.15) is 41.1 Å². The van der Waals surface area contributed by atoms with Gasteiger partial charge in [0.2, 0.25) is 11.9 Å². The maximum Gasteiger partial charge on any atom is 0.253 e. The van der Waals surface area contributed by atoms with Crippen LogP contribution < -0.4 is 15.5 Å². The van der Waals surface area contributed by atoms with Gasteiger partial charge in [0.15, 0.2) is 11.6 Å². The van der Waals surface area contributed by atoms with Gasteiger partial charge in [0.05, 0.1) is 29.0 Å². The van der Waals surface area contributed by atoms with Gasteiger partial charge in [-0.1, -0.05) is 18.2 Å². The van der Waals surface area contributed by atoms with Gasteiger partial charge in [-0.25, -0.2) is 19.9 Å². The molecule has 0 bridgehead atoms. The summed E-state index contributed by atoms with van der Waals surface area (Å²) in [7, 11) is 0. The van der Waals surface area contributed by atoms with Gasteiger partial charge in [-0.3, -0.25) is 14.5 Å². The molecule has 8 rings (SSSR count). The van der Waals surface area contributed by atoms with Crippen LogP contribution in [0.2, 0.25) is 0 Å². The highest BCUT2D eigenvalue weighted by molar-refractivity contribution is 7.19. The number of hydrogen-bond acceptors (Lipinski definition) is 11. The number of nitrogens with two attached hydrogens (primary N) is 1. The van der Waals surface area contributed by atoms with Crippen molar-refractivity contribution in [3.63, 3.8) is 0 Å². The van der Waals surface area contributed by atoms with E-state index in [9.17, 15) is 9.59 Å². The van der Waals surface area contributed by atoms with Gasteiger partial charge in [0, 0.05) is 87.3 Å². The SMILES string of the molecule is CC(=O)N1c2ccc(-c3ccc(C(=O)N4CCN(Cc5cc6nc(-c7cnc(N)nc7)nc(N7CCOCC7)c6s5)CC4)cc3)cc2CC[C@@H]1C. The Morgan fingerprint density at radius 3 is 2.35 bits per heavy atom. The highest BCUT2D eigenvalue weighted by Crippen LogP contribution is 2.36. The fourth-order valence-electron chi connectivity index (χ4n) is 7.34. The van der Waals surface area contributed by atoms with E-state index in [0.717, 1.165) is 84.0 Å². The smallest absolute Gasteiger partial charge is 0.253 e. The lowest BCUT2D eigenvalue weighted by Gasteiger charge is -2.35. The summed E-state index contributed by atoms with van der Waals surface area (Å²) in [5.41, 5.74) is 12.4. The fourth-order valence-corrected chi connectivity index (χ4v) is 8.50. The highest BCUT2D eigenvalue weighted by atomic mass is 32.1. The predicted molar refractivity (Wildman–Crippen MR) is 200 cm³/mol. The van der Waals surface area contributed by atoms with Crippen LogP contribution in [0.15, 0.2) is 60.9 Å². The lowest BCUT2D eigenvalue weighted by atomic mass is 9.93. The van der Waals surface area contributed by atoms with Crippen LogP contribution in [0.4, 0.5) is 17.5 Å². The molecule has 3 aromatic heterocycles. The molecular formula is C38H41N9O3S. The molecule has 3 aliphatic rings. The second-order valence-electron chi connectivity index (χ2n) is 13.5. The van der Waals surface area contributed by atoms with Crippen molar-refractivity contribution in [1.29, 1.82) is 0 Å². The number of anilines is 3. The van der Waals surface area contributed by atoms with Crippen molar-refractivity contribution in [1.82, 2.24) is 29.7 Å². The molecule has 0 unspecified atom stereocenters.